The lowest BCUT2D eigenvalue weighted by Gasteiger charge is -2.30. The van der Waals surface area contributed by atoms with Crippen molar-refractivity contribution in [3.8, 4) is 5.75 Å². The maximum Gasteiger partial charge on any atom is 0.255 e. The Bertz CT molecular complexity index is 976. The first kappa shape index (κ1) is 19.5. The number of carbonyl (C=O) groups excluding carboxylic acids is 1. The van der Waals surface area contributed by atoms with E-state index in [2.05, 4.69) is 5.32 Å². The Morgan fingerprint density at radius 3 is 2.70 bits per heavy atom. The van der Waals surface area contributed by atoms with E-state index in [1.54, 1.807) is 43.3 Å². The molecule has 6 nitrogen and oxygen atoms in total. The maximum absolute atomic E-state index is 12.6. The van der Waals surface area contributed by atoms with Gasteiger partial charge in [0.05, 0.1) is 23.6 Å². The highest BCUT2D eigenvalue weighted by molar-refractivity contribution is 7.92. The normalized spacial score (nSPS) is 13.8. The molecule has 8 heteroatoms. The fraction of sp³-hybridized carbons (Fsp3) is 0.316. The molecule has 1 aliphatic rings. The van der Waals surface area contributed by atoms with Crippen LogP contribution < -0.4 is 14.4 Å². The lowest BCUT2D eigenvalue weighted by Crippen LogP contribution is -2.36. The van der Waals surface area contributed by atoms with E-state index in [-0.39, 0.29) is 11.7 Å². The summed E-state index contributed by atoms with van der Waals surface area (Å²) in [6.45, 7) is 2.10. The quantitative estimate of drug-likeness (QED) is 0.818. The second-order valence-corrected chi connectivity index (χ2v) is 8.81. The van der Waals surface area contributed by atoms with Crippen molar-refractivity contribution in [1.82, 2.24) is 0 Å². The fourth-order valence-electron chi connectivity index (χ4n) is 3.10. The van der Waals surface area contributed by atoms with E-state index in [9.17, 15) is 13.2 Å². The molecule has 0 aromatic heterocycles. The molecule has 0 saturated carbocycles. The van der Waals surface area contributed by atoms with Crippen LogP contribution in [0.15, 0.2) is 36.4 Å². The Balaban J connectivity index is 1.84. The van der Waals surface area contributed by atoms with E-state index in [0.29, 0.717) is 34.3 Å². The van der Waals surface area contributed by atoms with Gasteiger partial charge in [0.2, 0.25) is 10.0 Å². The van der Waals surface area contributed by atoms with Gasteiger partial charge in [-0.1, -0.05) is 11.6 Å². The standard InChI is InChI=1S/C19H21ClN2O4S/c1-3-27(24,25)22-10-4-5-13-11-14(6-8-17(13)22)19(23)21-15-7-9-18(26-2)16(20)12-15/h6-9,11-12H,3-5,10H2,1-2H3,(H,21,23). The van der Waals surface area contributed by atoms with Crippen LogP contribution in [-0.2, 0) is 16.4 Å². The van der Waals surface area contributed by atoms with Gasteiger partial charge in [0.1, 0.15) is 5.75 Å². The molecule has 0 unspecified atom stereocenters. The molecular weight excluding hydrogens is 388 g/mol. The zero-order valence-corrected chi connectivity index (χ0v) is 16.7. The molecule has 2 aromatic carbocycles. The Hall–Kier alpha value is -2.25. The molecular formula is C19H21ClN2O4S. The Kier molecular flexibility index (Phi) is 5.62. The number of nitrogens with zero attached hydrogens (tertiary/aromatic N) is 1. The van der Waals surface area contributed by atoms with Gasteiger partial charge in [-0.25, -0.2) is 8.42 Å². The number of benzene rings is 2. The molecule has 0 aliphatic carbocycles. The molecule has 0 saturated heterocycles. The summed E-state index contributed by atoms with van der Waals surface area (Å²) in [5, 5.41) is 3.20. The fourth-order valence-corrected chi connectivity index (χ4v) is 4.55. The topological polar surface area (TPSA) is 75.7 Å². The van der Waals surface area contributed by atoms with Gasteiger partial charge < -0.3 is 10.1 Å². The third kappa shape index (κ3) is 4.04. The van der Waals surface area contributed by atoms with Gasteiger partial charge in [-0.15, -0.1) is 0 Å². The smallest absolute Gasteiger partial charge is 0.255 e. The minimum absolute atomic E-state index is 0.0485. The number of nitrogens with one attached hydrogen (secondary N) is 1. The van der Waals surface area contributed by atoms with Gasteiger partial charge >= 0.3 is 0 Å². The Morgan fingerprint density at radius 1 is 1.26 bits per heavy atom. The molecule has 1 aliphatic heterocycles. The van der Waals surface area contributed by atoms with E-state index in [0.717, 1.165) is 18.4 Å². The molecule has 3 rings (SSSR count). The zero-order valence-electron chi connectivity index (χ0n) is 15.2. The number of anilines is 2. The minimum Gasteiger partial charge on any atom is -0.495 e. The van der Waals surface area contributed by atoms with E-state index in [4.69, 9.17) is 16.3 Å². The third-order valence-electron chi connectivity index (χ3n) is 4.53. The molecule has 1 heterocycles. The summed E-state index contributed by atoms with van der Waals surface area (Å²) in [7, 11) is -1.80. The van der Waals surface area contributed by atoms with Crippen LogP contribution in [0.3, 0.4) is 0 Å². The van der Waals surface area contributed by atoms with Crippen LogP contribution in [0.25, 0.3) is 0 Å². The van der Waals surface area contributed by atoms with Gasteiger partial charge in [0.15, 0.2) is 0 Å². The number of fused-ring (bicyclic) bond motifs is 1. The average molecular weight is 409 g/mol. The Labute approximate surface area is 164 Å². The summed E-state index contributed by atoms with van der Waals surface area (Å²) in [6.07, 6.45) is 1.46. The summed E-state index contributed by atoms with van der Waals surface area (Å²) in [6, 6.07) is 10.1. The van der Waals surface area contributed by atoms with Crippen LogP contribution in [0.5, 0.6) is 5.75 Å². The Morgan fingerprint density at radius 2 is 2.04 bits per heavy atom. The predicted octanol–water partition coefficient (Wildman–Crippen LogP) is 3.70. The predicted molar refractivity (Wildman–Crippen MR) is 108 cm³/mol. The second-order valence-electron chi connectivity index (χ2n) is 6.22. The molecule has 1 amide bonds. The number of hydrogen-bond acceptors (Lipinski definition) is 4. The maximum atomic E-state index is 12.6. The van der Waals surface area contributed by atoms with Crippen LogP contribution in [-0.4, -0.2) is 33.7 Å². The van der Waals surface area contributed by atoms with Gasteiger partial charge in [0, 0.05) is 17.8 Å². The number of hydrogen-bond donors (Lipinski definition) is 1. The lowest BCUT2D eigenvalue weighted by atomic mass is 10.0. The van der Waals surface area contributed by atoms with Crippen molar-refractivity contribution in [2.24, 2.45) is 0 Å². The molecule has 0 atom stereocenters. The minimum atomic E-state index is -3.32. The highest BCUT2D eigenvalue weighted by atomic mass is 35.5. The van der Waals surface area contributed by atoms with E-state index < -0.39 is 10.0 Å². The molecule has 1 N–H and O–H groups in total. The number of methoxy groups -OCH3 is 1. The number of aryl methyl sites for hydroxylation is 1. The summed E-state index contributed by atoms with van der Waals surface area (Å²) in [5.41, 5.74) is 2.54. The van der Waals surface area contributed by atoms with Crippen LogP contribution in [0.4, 0.5) is 11.4 Å². The number of amides is 1. The van der Waals surface area contributed by atoms with Gasteiger partial charge in [-0.3, -0.25) is 9.10 Å². The zero-order chi connectivity index (χ0) is 19.6. The SMILES string of the molecule is CCS(=O)(=O)N1CCCc2cc(C(=O)Nc3ccc(OC)c(Cl)c3)ccc21. The molecule has 27 heavy (non-hydrogen) atoms. The lowest BCUT2D eigenvalue weighted by molar-refractivity contribution is 0.102. The molecule has 2 aromatic rings. The van der Waals surface area contributed by atoms with E-state index in [1.165, 1.54) is 11.4 Å². The number of rotatable bonds is 5. The average Bonchev–Trinajstić information content (AvgIpc) is 2.67. The largest absolute Gasteiger partial charge is 0.495 e. The van der Waals surface area contributed by atoms with E-state index >= 15 is 0 Å². The first-order chi connectivity index (χ1) is 12.9. The number of ether oxygens (including phenoxy) is 1. The van der Waals surface area contributed by atoms with Crippen molar-refractivity contribution in [2.75, 3.05) is 29.0 Å². The summed E-state index contributed by atoms with van der Waals surface area (Å²) >= 11 is 6.09. The van der Waals surface area contributed by atoms with Crippen LogP contribution in [0, 0.1) is 0 Å². The van der Waals surface area contributed by atoms with Crippen molar-refractivity contribution in [3.63, 3.8) is 0 Å². The van der Waals surface area contributed by atoms with Crippen molar-refractivity contribution < 1.29 is 17.9 Å². The molecule has 0 bridgehead atoms. The summed E-state index contributed by atoms with van der Waals surface area (Å²) in [4.78, 5) is 12.6. The highest BCUT2D eigenvalue weighted by Gasteiger charge is 2.26. The third-order valence-corrected chi connectivity index (χ3v) is 6.60. The summed E-state index contributed by atoms with van der Waals surface area (Å²) in [5.74, 6) is 0.294. The number of carbonyl (C=O) groups is 1. The molecule has 0 fully saturated rings. The first-order valence-electron chi connectivity index (χ1n) is 8.64. The van der Waals surface area contributed by atoms with Gasteiger partial charge in [-0.2, -0.15) is 0 Å². The van der Waals surface area contributed by atoms with Crippen LogP contribution >= 0.6 is 11.6 Å². The molecule has 144 valence electrons. The molecule has 0 radical (unpaired) electrons. The van der Waals surface area contributed by atoms with Crippen molar-refractivity contribution >= 4 is 38.9 Å². The molecule has 0 spiro atoms. The van der Waals surface area contributed by atoms with Crippen molar-refractivity contribution in [2.45, 2.75) is 19.8 Å². The van der Waals surface area contributed by atoms with Crippen LogP contribution in [0.2, 0.25) is 5.02 Å². The highest BCUT2D eigenvalue weighted by Crippen LogP contribution is 2.31. The number of sulfonamides is 1. The van der Waals surface area contributed by atoms with Crippen molar-refractivity contribution in [3.05, 3.63) is 52.5 Å². The van der Waals surface area contributed by atoms with E-state index in [1.807, 2.05) is 0 Å². The number of halogens is 1. The first-order valence-corrected chi connectivity index (χ1v) is 10.6. The van der Waals surface area contributed by atoms with Crippen LogP contribution in [0.1, 0.15) is 29.3 Å². The van der Waals surface area contributed by atoms with Gasteiger partial charge in [-0.05, 0) is 61.7 Å². The van der Waals surface area contributed by atoms with Crippen molar-refractivity contribution in [1.29, 1.82) is 0 Å². The second kappa shape index (κ2) is 7.78. The summed E-state index contributed by atoms with van der Waals surface area (Å²) < 4.78 is 31.1. The monoisotopic (exact) mass is 408 g/mol. The van der Waals surface area contributed by atoms with Gasteiger partial charge in [0.25, 0.3) is 5.91 Å².